The second-order valence-electron chi connectivity index (χ2n) is 4.29. The van der Waals surface area contributed by atoms with E-state index in [1.807, 2.05) is 0 Å². The third kappa shape index (κ3) is 1.30. The molecule has 0 bridgehead atoms. The molecular formula is C14H17N. The Kier molecular flexibility index (Phi) is 2.18. The summed E-state index contributed by atoms with van der Waals surface area (Å²) < 4.78 is 0. The molecule has 0 aliphatic rings. The van der Waals surface area contributed by atoms with E-state index in [2.05, 4.69) is 45.9 Å². The molecule has 2 rings (SSSR count). The number of hydrogen-bond donors (Lipinski definition) is 1. The number of aryl methyl sites for hydroxylation is 2. The number of nitrogen functional groups attached to an aromatic ring is 1. The van der Waals surface area contributed by atoms with Crippen molar-refractivity contribution >= 4 is 16.5 Å². The zero-order valence-corrected chi connectivity index (χ0v) is 9.81. The molecule has 0 radical (unpaired) electrons. The largest absolute Gasteiger partial charge is 0.398 e. The smallest absolute Gasteiger partial charge is 0.0428 e. The van der Waals surface area contributed by atoms with Crippen molar-refractivity contribution in [2.75, 3.05) is 5.73 Å². The minimum absolute atomic E-state index is 0.936. The van der Waals surface area contributed by atoms with E-state index < -0.39 is 0 Å². The van der Waals surface area contributed by atoms with E-state index in [9.17, 15) is 0 Å². The zero-order chi connectivity index (χ0) is 11.2. The fourth-order valence-corrected chi connectivity index (χ4v) is 2.21. The standard InChI is InChI=1S/C14H17N/c1-8-6-5-7-12-10(3)9(2)11(4)14(15)13(8)12/h5-7H,15H2,1-4H3. The fraction of sp³-hybridized carbons (Fsp3) is 0.286. The van der Waals surface area contributed by atoms with Gasteiger partial charge in [-0.15, -0.1) is 0 Å². The number of rotatable bonds is 0. The lowest BCUT2D eigenvalue weighted by Crippen LogP contribution is -1.98. The van der Waals surface area contributed by atoms with E-state index in [0.717, 1.165) is 5.69 Å². The molecule has 2 N–H and O–H groups in total. The molecule has 0 heterocycles. The van der Waals surface area contributed by atoms with Gasteiger partial charge in [0.05, 0.1) is 0 Å². The first-order valence-electron chi connectivity index (χ1n) is 5.28. The lowest BCUT2D eigenvalue weighted by molar-refractivity contribution is 1.29. The van der Waals surface area contributed by atoms with Gasteiger partial charge in [0.2, 0.25) is 0 Å². The first-order chi connectivity index (χ1) is 7.04. The summed E-state index contributed by atoms with van der Waals surface area (Å²) in [5.74, 6) is 0. The van der Waals surface area contributed by atoms with E-state index >= 15 is 0 Å². The van der Waals surface area contributed by atoms with Gasteiger partial charge in [-0.05, 0) is 55.3 Å². The normalized spacial score (nSPS) is 10.9. The van der Waals surface area contributed by atoms with Crippen molar-refractivity contribution in [1.29, 1.82) is 0 Å². The van der Waals surface area contributed by atoms with Gasteiger partial charge in [-0.3, -0.25) is 0 Å². The van der Waals surface area contributed by atoms with Crippen LogP contribution in [-0.4, -0.2) is 0 Å². The Morgan fingerprint density at radius 3 is 2.20 bits per heavy atom. The summed E-state index contributed by atoms with van der Waals surface area (Å²) >= 11 is 0. The molecule has 0 aliphatic heterocycles. The molecule has 0 spiro atoms. The van der Waals surface area contributed by atoms with Crippen LogP contribution in [0.25, 0.3) is 10.8 Å². The first kappa shape index (κ1) is 10.0. The Morgan fingerprint density at radius 2 is 1.53 bits per heavy atom. The van der Waals surface area contributed by atoms with Gasteiger partial charge >= 0.3 is 0 Å². The predicted octanol–water partition coefficient (Wildman–Crippen LogP) is 3.66. The Labute approximate surface area is 90.9 Å². The van der Waals surface area contributed by atoms with Gasteiger partial charge in [-0.2, -0.15) is 0 Å². The molecule has 0 fully saturated rings. The van der Waals surface area contributed by atoms with Crippen molar-refractivity contribution in [3.63, 3.8) is 0 Å². The number of anilines is 1. The van der Waals surface area contributed by atoms with Crippen LogP contribution < -0.4 is 5.73 Å². The van der Waals surface area contributed by atoms with Crippen LogP contribution in [0, 0.1) is 27.7 Å². The zero-order valence-electron chi connectivity index (χ0n) is 9.81. The van der Waals surface area contributed by atoms with Crippen LogP contribution >= 0.6 is 0 Å². The van der Waals surface area contributed by atoms with E-state index in [1.54, 1.807) is 0 Å². The van der Waals surface area contributed by atoms with Crippen molar-refractivity contribution in [3.05, 3.63) is 40.5 Å². The quantitative estimate of drug-likeness (QED) is 0.644. The Bertz CT molecular complexity index is 539. The van der Waals surface area contributed by atoms with Gasteiger partial charge in [-0.25, -0.2) is 0 Å². The minimum Gasteiger partial charge on any atom is -0.398 e. The van der Waals surface area contributed by atoms with Crippen LogP contribution in [0.1, 0.15) is 22.3 Å². The lowest BCUT2D eigenvalue weighted by Gasteiger charge is -2.15. The van der Waals surface area contributed by atoms with Crippen LogP contribution in [-0.2, 0) is 0 Å². The van der Waals surface area contributed by atoms with Gasteiger partial charge in [0, 0.05) is 11.1 Å². The molecule has 0 unspecified atom stereocenters. The maximum atomic E-state index is 6.19. The molecule has 1 nitrogen and oxygen atoms in total. The van der Waals surface area contributed by atoms with Crippen LogP contribution in [0.4, 0.5) is 5.69 Å². The van der Waals surface area contributed by atoms with E-state index in [4.69, 9.17) is 5.73 Å². The summed E-state index contributed by atoms with van der Waals surface area (Å²) in [5.41, 5.74) is 12.3. The maximum Gasteiger partial charge on any atom is 0.0428 e. The maximum absolute atomic E-state index is 6.19. The van der Waals surface area contributed by atoms with E-state index in [1.165, 1.54) is 33.0 Å². The third-order valence-electron chi connectivity index (χ3n) is 3.48. The Hall–Kier alpha value is -1.50. The molecule has 2 aromatic rings. The number of fused-ring (bicyclic) bond motifs is 1. The molecule has 0 atom stereocenters. The number of nitrogens with two attached hydrogens (primary N) is 1. The van der Waals surface area contributed by atoms with Crippen LogP contribution in [0.3, 0.4) is 0 Å². The molecule has 0 saturated heterocycles. The highest BCUT2D eigenvalue weighted by Crippen LogP contribution is 2.33. The average molecular weight is 199 g/mol. The second-order valence-corrected chi connectivity index (χ2v) is 4.29. The summed E-state index contributed by atoms with van der Waals surface area (Å²) in [6.07, 6.45) is 0. The van der Waals surface area contributed by atoms with Crippen molar-refractivity contribution in [1.82, 2.24) is 0 Å². The third-order valence-corrected chi connectivity index (χ3v) is 3.48. The van der Waals surface area contributed by atoms with Gasteiger partial charge in [-0.1, -0.05) is 18.2 Å². The molecule has 2 aromatic carbocycles. The highest BCUT2D eigenvalue weighted by molar-refractivity contribution is 5.99. The first-order valence-corrected chi connectivity index (χ1v) is 5.28. The molecule has 1 heteroatoms. The average Bonchev–Trinajstić information content (AvgIpc) is 2.23. The van der Waals surface area contributed by atoms with Gasteiger partial charge < -0.3 is 5.73 Å². The minimum atomic E-state index is 0.936. The van der Waals surface area contributed by atoms with Crippen LogP contribution in [0.2, 0.25) is 0 Å². The molecule has 0 amide bonds. The topological polar surface area (TPSA) is 26.0 Å². The SMILES string of the molecule is Cc1c(C)c(N)c2c(C)cccc2c1C. The van der Waals surface area contributed by atoms with Gasteiger partial charge in [0.25, 0.3) is 0 Å². The van der Waals surface area contributed by atoms with Crippen molar-refractivity contribution in [3.8, 4) is 0 Å². The summed E-state index contributed by atoms with van der Waals surface area (Å²) in [6.45, 7) is 8.53. The number of benzene rings is 2. The molecule has 78 valence electrons. The van der Waals surface area contributed by atoms with Gasteiger partial charge in [0.1, 0.15) is 0 Å². The highest BCUT2D eigenvalue weighted by atomic mass is 14.6. The molecule has 15 heavy (non-hydrogen) atoms. The highest BCUT2D eigenvalue weighted by Gasteiger charge is 2.10. The fourth-order valence-electron chi connectivity index (χ4n) is 2.21. The van der Waals surface area contributed by atoms with Crippen LogP contribution in [0.15, 0.2) is 18.2 Å². The summed E-state index contributed by atoms with van der Waals surface area (Å²) in [4.78, 5) is 0. The Morgan fingerprint density at radius 1 is 0.867 bits per heavy atom. The second kappa shape index (κ2) is 3.27. The molecule has 0 aromatic heterocycles. The van der Waals surface area contributed by atoms with Gasteiger partial charge in [0.15, 0.2) is 0 Å². The van der Waals surface area contributed by atoms with Crippen LogP contribution in [0.5, 0.6) is 0 Å². The molecule has 0 saturated carbocycles. The van der Waals surface area contributed by atoms with Crippen molar-refractivity contribution < 1.29 is 0 Å². The van der Waals surface area contributed by atoms with Crippen molar-refractivity contribution in [2.24, 2.45) is 0 Å². The summed E-state index contributed by atoms with van der Waals surface area (Å²) in [6, 6.07) is 6.37. The Balaban J connectivity index is 3.08. The van der Waals surface area contributed by atoms with Crippen molar-refractivity contribution in [2.45, 2.75) is 27.7 Å². The summed E-state index contributed by atoms with van der Waals surface area (Å²) in [5, 5.41) is 2.51. The lowest BCUT2D eigenvalue weighted by atomic mass is 9.92. The van der Waals surface area contributed by atoms with E-state index in [0.29, 0.717) is 0 Å². The number of hydrogen-bond acceptors (Lipinski definition) is 1. The monoisotopic (exact) mass is 199 g/mol. The molecule has 0 aliphatic carbocycles. The summed E-state index contributed by atoms with van der Waals surface area (Å²) in [7, 11) is 0. The predicted molar refractivity (Wildman–Crippen MR) is 67.3 cm³/mol. The van der Waals surface area contributed by atoms with E-state index in [-0.39, 0.29) is 0 Å². The molecular weight excluding hydrogens is 182 g/mol.